The number of carbonyl (C=O) groups is 1. The van der Waals surface area contributed by atoms with Crippen LogP contribution in [0.5, 0.6) is 23.0 Å². The summed E-state index contributed by atoms with van der Waals surface area (Å²) in [5, 5.41) is 0. The van der Waals surface area contributed by atoms with Crippen molar-refractivity contribution in [2.75, 3.05) is 14.2 Å². The summed E-state index contributed by atoms with van der Waals surface area (Å²) in [5.41, 5.74) is 4.36. The fourth-order valence-electron chi connectivity index (χ4n) is 3.28. The van der Waals surface area contributed by atoms with Gasteiger partial charge in [-0.2, -0.15) is 0 Å². The van der Waals surface area contributed by atoms with Gasteiger partial charge in [-0.3, -0.25) is 0 Å². The van der Waals surface area contributed by atoms with Crippen LogP contribution < -0.4 is 14.2 Å². The predicted molar refractivity (Wildman–Crippen MR) is 125 cm³/mol. The summed E-state index contributed by atoms with van der Waals surface area (Å²) in [5.74, 6) is 3.08. The van der Waals surface area contributed by atoms with Crippen molar-refractivity contribution in [3.63, 3.8) is 0 Å². The molecule has 0 N–H and O–H groups in total. The first kappa shape index (κ1) is 22.2. The van der Waals surface area contributed by atoms with E-state index in [1.807, 2.05) is 73.7 Å². The third-order valence-corrected chi connectivity index (χ3v) is 5.02. The lowest BCUT2D eigenvalue weighted by Crippen LogP contribution is -2.00. The molecule has 0 heterocycles. The second-order valence-corrected chi connectivity index (χ2v) is 7.56. The SMILES string of the molecule is COc1cc(/C=C(/C)c2ccc(Oc3ccc(CC(C)C=O)cc3)cc2)cc(OC)c1. The summed E-state index contributed by atoms with van der Waals surface area (Å²) in [6, 6.07) is 21.7. The van der Waals surface area contributed by atoms with Crippen LogP contribution in [0.3, 0.4) is 0 Å². The second kappa shape index (κ2) is 10.5. The van der Waals surface area contributed by atoms with Crippen molar-refractivity contribution >= 4 is 17.9 Å². The Hall–Kier alpha value is -3.53. The van der Waals surface area contributed by atoms with Gasteiger partial charge in [-0.05, 0) is 72.0 Å². The van der Waals surface area contributed by atoms with Gasteiger partial charge in [0.05, 0.1) is 14.2 Å². The highest BCUT2D eigenvalue weighted by Gasteiger charge is 2.05. The van der Waals surface area contributed by atoms with Gasteiger partial charge < -0.3 is 19.0 Å². The largest absolute Gasteiger partial charge is 0.497 e. The average Bonchev–Trinajstić information content (AvgIpc) is 2.80. The molecule has 3 aromatic carbocycles. The van der Waals surface area contributed by atoms with E-state index in [-0.39, 0.29) is 5.92 Å². The number of aldehydes is 1. The van der Waals surface area contributed by atoms with Crippen molar-refractivity contribution < 1.29 is 19.0 Å². The third-order valence-electron chi connectivity index (χ3n) is 5.02. The van der Waals surface area contributed by atoms with Gasteiger partial charge in [0, 0.05) is 12.0 Å². The molecular weight excluding hydrogens is 388 g/mol. The minimum Gasteiger partial charge on any atom is -0.497 e. The summed E-state index contributed by atoms with van der Waals surface area (Å²) in [4.78, 5) is 10.8. The van der Waals surface area contributed by atoms with Crippen LogP contribution in [0.4, 0.5) is 0 Å². The quantitative estimate of drug-likeness (QED) is 0.298. The molecule has 3 aromatic rings. The first-order valence-corrected chi connectivity index (χ1v) is 10.2. The number of benzene rings is 3. The Bertz CT molecular complexity index is 1010. The fraction of sp³-hybridized carbons (Fsp3) is 0.222. The van der Waals surface area contributed by atoms with E-state index in [0.29, 0.717) is 0 Å². The van der Waals surface area contributed by atoms with Crippen molar-refractivity contribution in [2.24, 2.45) is 5.92 Å². The zero-order valence-corrected chi connectivity index (χ0v) is 18.4. The van der Waals surface area contributed by atoms with E-state index in [1.54, 1.807) is 14.2 Å². The number of hydrogen-bond acceptors (Lipinski definition) is 4. The van der Waals surface area contributed by atoms with Crippen molar-refractivity contribution in [1.82, 2.24) is 0 Å². The summed E-state index contributed by atoms with van der Waals surface area (Å²) in [7, 11) is 3.29. The summed E-state index contributed by atoms with van der Waals surface area (Å²) >= 11 is 0. The van der Waals surface area contributed by atoms with Gasteiger partial charge in [0.2, 0.25) is 0 Å². The Morgan fingerprint density at radius 1 is 0.839 bits per heavy atom. The minimum atomic E-state index is 0.0219. The predicted octanol–water partition coefficient (Wildman–Crippen LogP) is 6.43. The van der Waals surface area contributed by atoms with Crippen molar-refractivity contribution in [2.45, 2.75) is 20.3 Å². The maximum Gasteiger partial charge on any atom is 0.127 e. The highest BCUT2D eigenvalue weighted by atomic mass is 16.5. The third kappa shape index (κ3) is 6.22. The van der Waals surface area contributed by atoms with E-state index < -0.39 is 0 Å². The van der Waals surface area contributed by atoms with Gasteiger partial charge in [-0.1, -0.05) is 37.3 Å². The van der Waals surface area contributed by atoms with Gasteiger partial charge in [0.1, 0.15) is 29.3 Å². The molecule has 0 amide bonds. The van der Waals surface area contributed by atoms with Crippen molar-refractivity contribution in [3.05, 3.63) is 83.4 Å². The van der Waals surface area contributed by atoms with Gasteiger partial charge in [0.25, 0.3) is 0 Å². The molecule has 0 bridgehead atoms. The molecule has 1 atom stereocenters. The Kier molecular flexibility index (Phi) is 7.50. The van der Waals surface area contributed by atoms with Crippen molar-refractivity contribution in [3.8, 4) is 23.0 Å². The standard InChI is InChI=1S/C27H28O4/c1-19(18-28)13-21-5-9-24(10-6-21)31-25-11-7-23(8-12-25)20(2)14-22-15-26(29-3)17-27(16-22)30-4/h5-12,14-19H,13H2,1-4H3/b20-14-. The monoisotopic (exact) mass is 416 g/mol. The first-order chi connectivity index (χ1) is 15.0. The van der Waals surface area contributed by atoms with Crippen LogP contribution in [-0.2, 0) is 11.2 Å². The van der Waals surface area contributed by atoms with Gasteiger partial charge in [0.15, 0.2) is 0 Å². The van der Waals surface area contributed by atoms with Gasteiger partial charge >= 0.3 is 0 Å². The Morgan fingerprint density at radius 2 is 1.39 bits per heavy atom. The van der Waals surface area contributed by atoms with Crippen molar-refractivity contribution in [1.29, 1.82) is 0 Å². The number of methoxy groups -OCH3 is 2. The highest BCUT2D eigenvalue weighted by Crippen LogP contribution is 2.28. The molecular formula is C27H28O4. The maximum atomic E-state index is 10.8. The summed E-state index contributed by atoms with van der Waals surface area (Å²) < 4.78 is 16.7. The Labute approximate surface area is 184 Å². The number of ether oxygens (including phenoxy) is 3. The van der Waals surface area contributed by atoms with Gasteiger partial charge in [-0.15, -0.1) is 0 Å². The van der Waals surface area contributed by atoms with Crippen LogP contribution in [0, 0.1) is 5.92 Å². The number of hydrogen-bond donors (Lipinski definition) is 0. The van der Waals surface area contributed by atoms with E-state index >= 15 is 0 Å². The van der Waals surface area contributed by atoms with E-state index in [9.17, 15) is 4.79 Å². The first-order valence-electron chi connectivity index (χ1n) is 10.2. The molecule has 4 heteroatoms. The van der Waals surface area contributed by atoms with E-state index in [4.69, 9.17) is 14.2 Å². The molecule has 0 aliphatic carbocycles. The molecule has 0 fully saturated rings. The molecule has 4 nitrogen and oxygen atoms in total. The van der Waals surface area contributed by atoms with Crippen LogP contribution in [0.15, 0.2) is 66.7 Å². The van der Waals surface area contributed by atoms with Crippen LogP contribution in [0.2, 0.25) is 0 Å². The zero-order valence-electron chi connectivity index (χ0n) is 18.4. The molecule has 0 saturated heterocycles. The number of carbonyl (C=O) groups excluding carboxylic acids is 1. The topological polar surface area (TPSA) is 44.8 Å². The lowest BCUT2D eigenvalue weighted by atomic mass is 10.0. The molecule has 0 aromatic heterocycles. The minimum absolute atomic E-state index is 0.0219. The molecule has 0 aliphatic rings. The lowest BCUT2D eigenvalue weighted by Gasteiger charge is -2.10. The van der Waals surface area contributed by atoms with E-state index in [1.165, 1.54) is 0 Å². The molecule has 0 radical (unpaired) electrons. The average molecular weight is 417 g/mol. The molecule has 0 saturated carbocycles. The second-order valence-electron chi connectivity index (χ2n) is 7.56. The molecule has 0 spiro atoms. The lowest BCUT2D eigenvalue weighted by molar-refractivity contribution is -0.110. The van der Waals surface area contributed by atoms with E-state index in [2.05, 4.69) is 13.0 Å². The Balaban J connectivity index is 1.69. The smallest absolute Gasteiger partial charge is 0.127 e. The van der Waals surface area contributed by atoms with Crippen LogP contribution in [-0.4, -0.2) is 20.5 Å². The number of allylic oxidation sites excluding steroid dienone is 1. The Morgan fingerprint density at radius 3 is 1.90 bits per heavy atom. The highest BCUT2D eigenvalue weighted by molar-refractivity contribution is 5.81. The van der Waals surface area contributed by atoms with E-state index in [0.717, 1.165) is 58.0 Å². The maximum absolute atomic E-state index is 10.8. The zero-order chi connectivity index (χ0) is 22.2. The molecule has 1 unspecified atom stereocenters. The van der Waals surface area contributed by atoms with Crippen LogP contribution in [0.25, 0.3) is 11.6 Å². The molecule has 31 heavy (non-hydrogen) atoms. The molecule has 3 rings (SSSR count). The van der Waals surface area contributed by atoms with Gasteiger partial charge in [-0.25, -0.2) is 0 Å². The van der Waals surface area contributed by atoms with Crippen LogP contribution in [0.1, 0.15) is 30.5 Å². The normalized spacial score (nSPS) is 12.2. The van der Waals surface area contributed by atoms with Crippen LogP contribution >= 0.6 is 0 Å². The summed E-state index contributed by atoms with van der Waals surface area (Å²) in [6.07, 6.45) is 3.82. The molecule has 160 valence electrons. The summed E-state index contributed by atoms with van der Waals surface area (Å²) in [6.45, 7) is 3.99. The molecule has 0 aliphatic heterocycles. The number of rotatable bonds is 9. The fourth-order valence-corrected chi connectivity index (χ4v) is 3.28.